The minimum atomic E-state index is 0.0544. The smallest absolute Gasteiger partial charge is 0.168 e. The lowest BCUT2D eigenvalue weighted by Gasteiger charge is -1.99. The number of carbonyl (C=O) groups excluding carboxylic acids is 1. The molecule has 0 saturated heterocycles. The Labute approximate surface area is 93.7 Å². The molecule has 2 aromatic rings. The fourth-order valence-electron chi connectivity index (χ4n) is 1.49. The lowest BCUT2D eigenvalue weighted by Crippen LogP contribution is -2.04. The molecular formula is C12H13N3O. The normalized spacial score (nSPS) is 10.3. The second-order valence-corrected chi connectivity index (χ2v) is 3.70. The minimum Gasteiger partial charge on any atom is -0.399 e. The molecule has 0 atom stereocenters. The summed E-state index contributed by atoms with van der Waals surface area (Å²) >= 11 is 0. The van der Waals surface area contributed by atoms with Crippen LogP contribution in [0.1, 0.15) is 16.1 Å². The van der Waals surface area contributed by atoms with Gasteiger partial charge in [-0.25, -0.2) is 0 Å². The van der Waals surface area contributed by atoms with Crippen LogP contribution in [0.25, 0.3) is 0 Å². The van der Waals surface area contributed by atoms with E-state index in [0.717, 1.165) is 5.69 Å². The summed E-state index contributed by atoms with van der Waals surface area (Å²) in [5, 5.41) is 4.16. The topological polar surface area (TPSA) is 60.9 Å². The molecular weight excluding hydrogens is 202 g/mol. The predicted octanol–water partition coefficient (Wildman–Crippen LogP) is 1.43. The molecule has 16 heavy (non-hydrogen) atoms. The second-order valence-electron chi connectivity index (χ2n) is 3.70. The van der Waals surface area contributed by atoms with Gasteiger partial charge in [-0.05, 0) is 30.3 Å². The number of aryl methyl sites for hydroxylation is 1. The third kappa shape index (κ3) is 2.28. The highest BCUT2D eigenvalue weighted by Crippen LogP contribution is 2.09. The third-order valence-corrected chi connectivity index (χ3v) is 2.34. The molecule has 0 aliphatic carbocycles. The van der Waals surface area contributed by atoms with Gasteiger partial charge in [0.25, 0.3) is 0 Å². The van der Waals surface area contributed by atoms with Crippen LogP contribution in [-0.2, 0) is 13.5 Å². The number of hydrogen-bond acceptors (Lipinski definition) is 3. The summed E-state index contributed by atoms with van der Waals surface area (Å²) in [5.41, 5.74) is 7.67. The number of aromatic nitrogens is 2. The molecule has 0 unspecified atom stereocenters. The Morgan fingerprint density at radius 1 is 1.31 bits per heavy atom. The standard InChI is InChI=1S/C12H13N3O/c1-15-7-6-11(14-15)8-12(16)9-2-4-10(13)5-3-9/h2-7H,8,13H2,1H3. The van der Waals surface area contributed by atoms with Crippen LogP contribution in [0.2, 0.25) is 0 Å². The summed E-state index contributed by atoms with van der Waals surface area (Å²) in [6, 6.07) is 8.77. The number of hydrogen-bond donors (Lipinski definition) is 1. The molecule has 2 N–H and O–H groups in total. The molecule has 0 amide bonds. The Morgan fingerprint density at radius 2 is 2.00 bits per heavy atom. The minimum absolute atomic E-state index is 0.0544. The van der Waals surface area contributed by atoms with E-state index in [4.69, 9.17) is 5.73 Å². The van der Waals surface area contributed by atoms with E-state index in [1.165, 1.54) is 0 Å². The molecule has 1 aromatic heterocycles. The molecule has 4 heteroatoms. The van der Waals surface area contributed by atoms with Gasteiger partial charge in [-0.15, -0.1) is 0 Å². The van der Waals surface area contributed by atoms with E-state index >= 15 is 0 Å². The van der Waals surface area contributed by atoms with Crippen LogP contribution in [0.4, 0.5) is 5.69 Å². The van der Waals surface area contributed by atoms with Gasteiger partial charge in [0.2, 0.25) is 0 Å². The van der Waals surface area contributed by atoms with Crippen molar-refractivity contribution >= 4 is 11.5 Å². The van der Waals surface area contributed by atoms with Gasteiger partial charge in [0.1, 0.15) is 0 Å². The van der Waals surface area contributed by atoms with Crippen molar-refractivity contribution in [3.63, 3.8) is 0 Å². The number of Topliss-reactive ketones (excluding diaryl/α,β-unsaturated/α-hetero) is 1. The van der Waals surface area contributed by atoms with E-state index in [-0.39, 0.29) is 5.78 Å². The van der Waals surface area contributed by atoms with E-state index in [9.17, 15) is 4.79 Å². The van der Waals surface area contributed by atoms with E-state index in [2.05, 4.69) is 5.10 Å². The van der Waals surface area contributed by atoms with Crippen molar-refractivity contribution in [3.8, 4) is 0 Å². The number of nitrogens with zero attached hydrogens (tertiary/aromatic N) is 2. The maximum Gasteiger partial charge on any atom is 0.168 e. The van der Waals surface area contributed by atoms with Gasteiger partial charge < -0.3 is 5.73 Å². The molecule has 0 fully saturated rings. The summed E-state index contributed by atoms with van der Waals surface area (Å²) in [7, 11) is 1.83. The van der Waals surface area contributed by atoms with Gasteiger partial charge in [0.15, 0.2) is 5.78 Å². The molecule has 0 spiro atoms. The fraction of sp³-hybridized carbons (Fsp3) is 0.167. The molecule has 1 aromatic carbocycles. The molecule has 0 aliphatic rings. The quantitative estimate of drug-likeness (QED) is 0.622. The predicted molar refractivity (Wildman–Crippen MR) is 62.1 cm³/mol. The largest absolute Gasteiger partial charge is 0.399 e. The van der Waals surface area contributed by atoms with Gasteiger partial charge in [-0.1, -0.05) is 0 Å². The van der Waals surface area contributed by atoms with E-state index in [1.807, 2.05) is 19.3 Å². The van der Waals surface area contributed by atoms with Crippen LogP contribution in [-0.4, -0.2) is 15.6 Å². The number of nitrogens with two attached hydrogens (primary N) is 1. The molecule has 0 saturated carbocycles. The summed E-state index contributed by atoms with van der Waals surface area (Å²) in [6.45, 7) is 0. The van der Waals surface area contributed by atoms with Crippen LogP contribution in [0, 0.1) is 0 Å². The van der Waals surface area contributed by atoms with Crippen molar-refractivity contribution in [3.05, 3.63) is 47.8 Å². The van der Waals surface area contributed by atoms with Crippen molar-refractivity contribution in [2.24, 2.45) is 7.05 Å². The number of nitrogen functional groups attached to an aromatic ring is 1. The van der Waals surface area contributed by atoms with Crippen molar-refractivity contribution in [2.75, 3.05) is 5.73 Å². The molecule has 0 radical (unpaired) electrons. The Bertz CT molecular complexity index is 499. The Balaban J connectivity index is 2.11. The summed E-state index contributed by atoms with van der Waals surface area (Å²) in [6.07, 6.45) is 2.15. The Morgan fingerprint density at radius 3 is 2.56 bits per heavy atom. The van der Waals surface area contributed by atoms with Crippen molar-refractivity contribution < 1.29 is 4.79 Å². The van der Waals surface area contributed by atoms with E-state index in [0.29, 0.717) is 17.7 Å². The van der Waals surface area contributed by atoms with Crippen LogP contribution in [0.5, 0.6) is 0 Å². The number of ketones is 1. The molecule has 1 heterocycles. The Hall–Kier alpha value is -2.10. The Kier molecular flexibility index (Phi) is 2.72. The van der Waals surface area contributed by atoms with E-state index < -0.39 is 0 Å². The van der Waals surface area contributed by atoms with Gasteiger partial charge in [0.05, 0.1) is 12.1 Å². The molecule has 0 bridgehead atoms. The number of anilines is 1. The summed E-state index contributed by atoms with van der Waals surface area (Å²) in [5.74, 6) is 0.0544. The van der Waals surface area contributed by atoms with Gasteiger partial charge in [-0.3, -0.25) is 9.48 Å². The first kappa shape index (κ1) is 10.4. The fourth-order valence-corrected chi connectivity index (χ4v) is 1.49. The van der Waals surface area contributed by atoms with Crippen LogP contribution in [0.15, 0.2) is 36.5 Å². The zero-order chi connectivity index (χ0) is 11.5. The maximum atomic E-state index is 11.8. The maximum absolute atomic E-state index is 11.8. The lowest BCUT2D eigenvalue weighted by molar-refractivity contribution is 0.0992. The van der Waals surface area contributed by atoms with Crippen molar-refractivity contribution in [2.45, 2.75) is 6.42 Å². The second kappa shape index (κ2) is 4.18. The highest BCUT2D eigenvalue weighted by molar-refractivity contribution is 5.97. The zero-order valence-corrected chi connectivity index (χ0v) is 9.05. The number of benzene rings is 1. The molecule has 0 aliphatic heterocycles. The first-order valence-corrected chi connectivity index (χ1v) is 5.02. The van der Waals surface area contributed by atoms with Crippen LogP contribution in [0.3, 0.4) is 0 Å². The molecule has 82 valence electrons. The lowest BCUT2D eigenvalue weighted by atomic mass is 10.1. The van der Waals surface area contributed by atoms with E-state index in [1.54, 1.807) is 28.9 Å². The zero-order valence-electron chi connectivity index (χ0n) is 9.05. The average Bonchev–Trinajstić information content (AvgIpc) is 2.65. The average molecular weight is 215 g/mol. The van der Waals surface area contributed by atoms with Crippen LogP contribution < -0.4 is 5.73 Å². The van der Waals surface area contributed by atoms with Gasteiger partial charge >= 0.3 is 0 Å². The highest BCUT2D eigenvalue weighted by Gasteiger charge is 2.08. The SMILES string of the molecule is Cn1ccc(CC(=O)c2ccc(N)cc2)n1. The van der Waals surface area contributed by atoms with Gasteiger partial charge in [0, 0.05) is 24.5 Å². The number of rotatable bonds is 3. The molecule has 2 rings (SSSR count). The highest BCUT2D eigenvalue weighted by atomic mass is 16.1. The molecule has 4 nitrogen and oxygen atoms in total. The first-order chi connectivity index (χ1) is 7.65. The van der Waals surface area contributed by atoms with Crippen molar-refractivity contribution in [1.29, 1.82) is 0 Å². The van der Waals surface area contributed by atoms with Crippen LogP contribution >= 0.6 is 0 Å². The first-order valence-electron chi connectivity index (χ1n) is 5.02. The third-order valence-electron chi connectivity index (χ3n) is 2.34. The summed E-state index contributed by atoms with van der Waals surface area (Å²) < 4.78 is 1.69. The monoisotopic (exact) mass is 215 g/mol. The number of carbonyl (C=O) groups is 1. The summed E-state index contributed by atoms with van der Waals surface area (Å²) in [4.78, 5) is 11.8. The van der Waals surface area contributed by atoms with Gasteiger partial charge in [-0.2, -0.15) is 5.10 Å². The van der Waals surface area contributed by atoms with Crippen molar-refractivity contribution in [1.82, 2.24) is 9.78 Å².